The van der Waals surface area contributed by atoms with Crippen LogP contribution in [0.5, 0.6) is 0 Å². The minimum Gasteiger partial charge on any atom is -0.351 e. The van der Waals surface area contributed by atoms with E-state index in [9.17, 15) is 14.0 Å². The van der Waals surface area contributed by atoms with E-state index in [1.807, 2.05) is 32.0 Å². The molecule has 128 valence electrons. The number of carbonyl (C=O) groups is 2. The van der Waals surface area contributed by atoms with Crippen molar-refractivity contribution in [3.8, 4) is 0 Å². The zero-order valence-corrected chi connectivity index (χ0v) is 13.9. The summed E-state index contributed by atoms with van der Waals surface area (Å²) in [5.74, 6) is -1.10. The lowest BCUT2D eigenvalue weighted by atomic mass is 10.1. The molecule has 0 saturated heterocycles. The zero-order chi connectivity index (χ0) is 18.0. The second kappa shape index (κ2) is 6.76. The Kier molecular flexibility index (Phi) is 4.52. The standard InChI is InChI=1S/C19H18FN3O2/c1-11-4-3-5-12(2)18(11)23-17(24)10-21-19(25)16-9-13-8-14(20)6-7-15(13)22-16/h3-9,22H,10H2,1-2H3,(H,21,25)(H,23,24). The van der Waals surface area contributed by atoms with Crippen molar-refractivity contribution in [2.24, 2.45) is 0 Å². The van der Waals surface area contributed by atoms with E-state index in [0.717, 1.165) is 16.8 Å². The van der Waals surface area contributed by atoms with E-state index in [1.54, 1.807) is 12.1 Å². The molecule has 1 heterocycles. The Labute approximate surface area is 144 Å². The number of aromatic amines is 1. The van der Waals surface area contributed by atoms with Crippen molar-refractivity contribution in [3.05, 3.63) is 65.1 Å². The molecule has 3 rings (SSSR count). The molecule has 0 aliphatic carbocycles. The van der Waals surface area contributed by atoms with Crippen molar-refractivity contribution >= 4 is 28.4 Å². The van der Waals surface area contributed by atoms with Gasteiger partial charge in [0.05, 0.1) is 6.54 Å². The van der Waals surface area contributed by atoms with Crippen LogP contribution in [0.25, 0.3) is 10.9 Å². The van der Waals surface area contributed by atoms with Gasteiger partial charge < -0.3 is 15.6 Å². The van der Waals surface area contributed by atoms with Crippen LogP contribution in [0.4, 0.5) is 10.1 Å². The summed E-state index contributed by atoms with van der Waals surface area (Å²) in [7, 11) is 0. The third kappa shape index (κ3) is 3.68. The Bertz CT molecular complexity index is 942. The lowest BCUT2D eigenvalue weighted by molar-refractivity contribution is -0.115. The second-order valence-electron chi connectivity index (χ2n) is 5.91. The quantitative estimate of drug-likeness (QED) is 0.682. The van der Waals surface area contributed by atoms with E-state index in [-0.39, 0.29) is 24.0 Å². The van der Waals surface area contributed by atoms with Gasteiger partial charge in [0.2, 0.25) is 5.91 Å². The van der Waals surface area contributed by atoms with Crippen LogP contribution in [-0.4, -0.2) is 23.3 Å². The van der Waals surface area contributed by atoms with Crippen LogP contribution in [0.1, 0.15) is 21.6 Å². The summed E-state index contributed by atoms with van der Waals surface area (Å²) in [5.41, 5.74) is 3.60. The van der Waals surface area contributed by atoms with Gasteiger partial charge in [0.25, 0.3) is 5.91 Å². The largest absolute Gasteiger partial charge is 0.351 e. The van der Waals surface area contributed by atoms with Crippen LogP contribution < -0.4 is 10.6 Å². The number of H-pyrrole nitrogens is 1. The van der Waals surface area contributed by atoms with Crippen molar-refractivity contribution in [1.29, 1.82) is 0 Å². The van der Waals surface area contributed by atoms with E-state index in [1.165, 1.54) is 12.1 Å². The first-order valence-electron chi connectivity index (χ1n) is 7.86. The smallest absolute Gasteiger partial charge is 0.268 e. The maximum Gasteiger partial charge on any atom is 0.268 e. The van der Waals surface area contributed by atoms with Gasteiger partial charge in [-0.15, -0.1) is 0 Å². The molecule has 5 nitrogen and oxygen atoms in total. The molecule has 1 aromatic heterocycles. The van der Waals surface area contributed by atoms with Crippen molar-refractivity contribution in [2.75, 3.05) is 11.9 Å². The molecule has 0 radical (unpaired) electrons. The van der Waals surface area contributed by atoms with Gasteiger partial charge in [-0.3, -0.25) is 9.59 Å². The van der Waals surface area contributed by atoms with Gasteiger partial charge in [0, 0.05) is 16.6 Å². The van der Waals surface area contributed by atoms with Crippen molar-refractivity contribution in [1.82, 2.24) is 10.3 Å². The van der Waals surface area contributed by atoms with Crippen molar-refractivity contribution in [2.45, 2.75) is 13.8 Å². The number of carbonyl (C=O) groups excluding carboxylic acids is 2. The molecule has 0 spiro atoms. The number of aryl methyl sites for hydroxylation is 2. The first kappa shape index (κ1) is 16.7. The van der Waals surface area contributed by atoms with E-state index in [2.05, 4.69) is 15.6 Å². The zero-order valence-electron chi connectivity index (χ0n) is 13.9. The molecule has 0 fully saturated rings. The van der Waals surface area contributed by atoms with Gasteiger partial charge >= 0.3 is 0 Å². The van der Waals surface area contributed by atoms with Gasteiger partial charge in [-0.25, -0.2) is 4.39 Å². The van der Waals surface area contributed by atoms with Gasteiger partial charge in [-0.05, 0) is 49.2 Å². The van der Waals surface area contributed by atoms with E-state index in [0.29, 0.717) is 10.9 Å². The average Bonchev–Trinajstić information content (AvgIpc) is 2.99. The normalized spacial score (nSPS) is 10.7. The monoisotopic (exact) mass is 339 g/mol. The Morgan fingerprint density at radius 1 is 1.08 bits per heavy atom. The predicted molar refractivity (Wildman–Crippen MR) is 95.1 cm³/mol. The molecule has 3 aromatic rings. The number of fused-ring (bicyclic) bond motifs is 1. The topological polar surface area (TPSA) is 74.0 Å². The fourth-order valence-corrected chi connectivity index (χ4v) is 2.68. The first-order valence-corrected chi connectivity index (χ1v) is 7.86. The number of amides is 2. The number of anilines is 1. The second-order valence-corrected chi connectivity index (χ2v) is 5.91. The number of rotatable bonds is 4. The molecule has 6 heteroatoms. The minimum absolute atomic E-state index is 0.156. The lowest BCUT2D eigenvalue weighted by Crippen LogP contribution is -2.33. The fraction of sp³-hybridized carbons (Fsp3) is 0.158. The predicted octanol–water partition coefficient (Wildman–Crippen LogP) is 3.29. The van der Waals surface area contributed by atoms with Gasteiger partial charge in [-0.2, -0.15) is 0 Å². The van der Waals surface area contributed by atoms with Crippen LogP contribution in [0.15, 0.2) is 42.5 Å². The summed E-state index contributed by atoms with van der Waals surface area (Å²) in [5, 5.41) is 5.97. The van der Waals surface area contributed by atoms with Gasteiger partial charge in [0.1, 0.15) is 11.5 Å². The van der Waals surface area contributed by atoms with Crippen LogP contribution in [0.2, 0.25) is 0 Å². The highest BCUT2D eigenvalue weighted by Gasteiger charge is 2.12. The number of hydrogen-bond acceptors (Lipinski definition) is 2. The van der Waals surface area contributed by atoms with E-state index >= 15 is 0 Å². The lowest BCUT2D eigenvalue weighted by Gasteiger charge is -2.11. The Hall–Kier alpha value is -3.15. The number of benzene rings is 2. The molecule has 2 aromatic carbocycles. The summed E-state index contributed by atoms with van der Waals surface area (Å²) in [6, 6.07) is 11.5. The summed E-state index contributed by atoms with van der Waals surface area (Å²) in [6.07, 6.45) is 0. The molecule has 0 atom stereocenters. The molecule has 3 N–H and O–H groups in total. The number of aromatic nitrogens is 1. The number of nitrogens with one attached hydrogen (secondary N) is 3. The number of halogens is 1. The SMILES string of the molecule is Cc1cccc(C)c1NC(=O)CNC(=O)c1cc2cc(F)ccc2[nH]1. The van der Waals surface area contributed by atoms with Crippen molar-refractivity contribution < 1.29 is 14.0 Å². The van der Waals surface area contributed by atoms with Crippen molar-refractivity contribution in [3.63, 3.8) is 0 Å². The fourth-order valence-electron chi connectivity index (χ4n) is 2.68. The summed E-state index contributed by atoms with van der Waals surface area (Å²) < 4.78 is 13.2. The molecule has 0 unspecified atom stereocenters. The highest BCUT2D eigenvalue weighted by molar-refractivity contribution is 6.01. The average molecular weight is 339 g/mol. The number of hydrogen-bond donors (Lipinski definition) is 3. The van der Waals surface area contributed by atoms with Crippen LogP contribution in [0, 0.1) is 19.7 Å². The van der Waals surface area contributed by atoms with Gasteiger partial charge in [-0.1, -0.05) is 18.2 Å². The molecule has 0 bridgehead atoms. The Balaban J connectivity index is 1.64. The minimum atomic E-state index is -0.423. The number of para-hydroxylation sites is 1. The molecule has 25 heavy (non-hydrogen) atoms. The van der Waals surface area contributed by atoms with E-state index < -0.39 is 5.91 Å². The summed E-state index contributed by atoms with van der Waals surface area (Å²) in [4.78, 5) is 27.2. The maximum absolute atomic E-state index is 13.2. The van der Waals surface area contributed by atoms with Crippen LogP contribution in [0.3, 0.4) is 0 Å². The Morgan fingerprint density at radius 2 is 1.80 bits per heavy atom. The molecular formula is C19H18FN3O2. The van der Waals surface area contributed by atoms with Gasteiger partial charge in [0.15, 0.2) is 0 Å². The first-order chi connectivity index (χ1) is 11.9. The third-order valence-electron chi connectivity index (χ3n) is 3.98. The summed E-state index contributed by atoms with van der Waals surface area (Å²) in [6.45, 7) is 3.66. The summed E-state index contributed by atoms with van der Waals surface area (Å²) >= 11 is 0. The van der Waals surface area contributed by atoms with Crippen LogP contribution >= 0.6 is 0 Å². The maximum atomic E-state index is 13.2. The van der Waals surface area contributed by atoms with E-state index in [4.69, 9.17) is 0 Å². The molecule has 0 saturated carbocycles. The molecule has 2 amide bonds. The highest BCUT2D eigenvalue weighted by Crippen LogP contribution is 2.19. The van der Waals surface area contributed by atoms with Crippen LogP contribution in [-0.2, 0) is 4.79 Å². The Morgan fingerprint density at radius 3 is 2.52 bits per heavy atom. The third-order valence-corrected chi connectivity index (χ3v) is 3.98. The molecular weight excluding hydrogens is 321 g/mol. The molecule has 0 aliphatic rings. The highest BCUT2D eigenvalue weighted by atomic mass is 19.1. The molecule has 0 aliphatic heterocycles.